The number of aliphatic hydroxyl groups is 2. The molecule has 1 amide bonds. The minimum Gasteiger partial charge on any atom is -0.478 e. The number of ether oxygens (including phenoxy) is 6. The Kier molecular flexibility index (Phi) is 12.5. The molecule has 244 valence electrons. The molecule has 3 aliphatic heterocycles. The van der Waals surface area contributed by atoms with Gasteiger partial charge in [-0.2, -0.15) is 0 Å². The van der Waals surface area contributed by atoms with E-state index in [9.17, 15) is 19.8 Å². The van der Waals surface area contributed by atoms with Crippen LogP contribution in [0.3, 0.4) is 0 Å². The average molecular weight is 612 g/mol. The SMILES string of the molecule is C=C1C[C@](OC)([C@H](O)C(=O)NC2OCOC3C2O[C@H](C[C@H](O)CCC/C=C/C=C/C(=O)O)C(C)(C)[C@@H]3OC)O[C@H](C)[C@@H]1C. The fraction of sp³-hybridized carbons (Fsp3) is 0.742. The Balaban J connectivity index is 1.68. The van der Waals surface area contributed by atoms with Crippen molar-refractivity contribution in [3.63, 3.8) is 0 Å². The Morgan fingerprint density at radius 3 is 2.51 bits per heavy atom. The summed E-state index contributed by atoms with van der Waals surface area (Å²) in [7, 11) is 2.97. The van der Waals surface area contributed by atoms with Gasteiger partial charge in [0.25, 0.3) is 5.91 Å². The number of carbonyl (C=O) groups is 2. The molecule has 3 aliphatic rings. The van der Waals surface area contributed by atoms with Crippen LogP contribution in [0.1, 0.15) is 59.8 Å². The highest BCUT2D eigenvalue weighted by Gasteiger charge is 2.57. The molecule has 0 aromatic carbocycles. The predicted molar refractivity (Wildman–Crippen MR) is 156 cm³/mol. The quantitative estimate of drug-likeness (QED) is 0.105. The second kappa shape index (κ2) is 15.2. The number of carboxylic acids is 1. The Labute approximate surface area is 254 Å². The van der Waals surface area contributed by atoms with Gasteiger partial charge in [-0.05, 0) is 26.2 Å². The highest BCUT2D eigenvalue weighted by molar-refractivity contribution is 5.82. The number of hydrogen-bond acceptors (Lipinski definition) is 10. The number of hydrogen-bond donors (Lipinski definition) is 4. The molecule has 0 saturated carbocycles. The number of aliphatic carboxylic acids is 1. The number of methoxy groups -OCH3 is 2. The van der Waals surface area contributed by atoms with Crippen LogP contribution in [-0.2, 0) is 38.0 Å². The van der Waals surface area contributed by atoms with E-state index in [2.05, 4.69) is 11.9 Å². The standard InChI is InChI=1S/C31H49NO11/c1-18-16-31(39-7,43-20(3)19(18)2)26(36)28(37)32-29-25-24(40-17-41-29)27(38-6)30(4,5)22(42-25)15-21(33)13-11-9-8-10-12-14-23(34)35/h8,10,12,14,19-22,24-27,29,33,36H,1,9,11,13,15-17H2,2-7H3,(H,32,37)(H,34,35)/b10-8+,14-12+/t19-,20-,21-,22-,24?,25?,26-,27-,29?,31-/m1/s1. The van der Waals surface area contributed by atoms with Crippen molar-refractivity contribution in [2.75, 3.05) is 21.0 Å². The molecular formula is C31H49NO11. The first-order chi connectivity index (χ1) is 20.3. The van der Waals surface area contributed by atoms with E-state index in [1.165, 1.54) is 13.2 Å². The van der Waals surface area contributed by atoms with Crippen LogP contribution >= 0.6 is 0 Å². The van der Waals surface area contributed by atoms with Crippen LogP contribution in [0.15, 0.2) is 36.5 Å². The number of carbonyl (C=O) groups excluding carboxylic acids is 1. The summed E-state index contributed by atoms with van der Waals surface area (Å²) in [5.74, 6) is -3.33. The van der Waals surface area contributed by atoms with Gasteiger partial charge in [0.2, 0.25) is 5.79 Å². The van der Waals surface area contributed by atoms with Crippen LogP contribution in [0.5, 0.6) is 0 Å². The molecule has 0 spiro atoms. The maximum absolute atomic E-state index is 13.4. The van der Waals surface area contributed by atoms with Crippen molar-refractivity contribution in [2.24, 2.45) is 11.3 Å². The lowest BCUT2D eigenvalue weighted by molar-refractivity contribution is -0.332. The molecule has 3 fully saturated rings. The molecule has 12 heteroatoms. The van der Waals surface area contributed by atoms with E-state index in [1.54, 1.807) is 13.2 Å². The maximum Gasteiger partial charge on any atom is 0.328 e. The first-order valence-electron chi connectivity index (χ1n) is 14.8. The van der Waals surface area contributed by atoms with Crippen molar-refractivity contribution < 1.29 is 53.3 Å². The monoisotopic (exact) mass is 611 g/mol. The molecule has 3 rings (SSSR count). The second-order valence-electron chi connectivity index (χ2n) is 12.2. The molecule has 0 aromatic rings. The van der Waals surface area contributed by atoms with E-state index in [4.69, 9.17) is 33.5 Å². The van der Waals surface area contributed by atoms with Gasteiger partial charge in [-0.3, -0.25) is 4.79 Å². The number of carboxylic acid groups (broad SMARTS) is 1. The Morgan fingerprint density at radius 2 is 1.88 bits per heavy atom. The molecule has 0 bridgehead atoms. The third-order valence-electron chi connectivity index (χ3n) is 8.95. The van der Waals surface area contributed by atoms with Crippen LogP contribution in [-0.4, -0.2) is 103 Å². The number of amides is 1. The molecular weight excluding hydrogens is 562 g/mol. The Bertz CT molecular complexity index is 1030. The van der Waals surface area contributed by atoms with Crippen molar-refractivity contribution in [1.29, 1.82) is 0 Å². The van der Waals surface area contributed by atoms with E-state index in [0.717, 1.165) is 11.6 Å². The number of aliphatic hydroxyl groups excluding tert-OH is 2. The van der Waals surface area contributed by atoms with E-state index >= 15 is 0 Å². The van der Waals surface area contributed by atoms with Gasteiger partial charge in [0.15, 0.2) is 12.3 Å². The summed E-state index contributed by atoms with van der Waals surface area (Å²) in [4.78, 5) is 23.9. The molecule has 12 nitrogen and oxygen atoms in total. The van der Waals surface area contributed by atoms with Crippen LogP contribution in [0.25, 0.3) is 0 Å². The molecule has 3 unspecified atom stereocenters. The zero-order valence-corrected chi connectivity index (χ0v) is 26.1. The lowest BCUT2D eigenvalue weighted by Crippen LogP contribution is -2.69. The Morgan fingerprint density at radius 1 is 1.16 bits per heavy atom. The fourth-order valence-electron chi connectivity index (χ4n) is 6.08. The number of unbranched alkanes of at least 4 members (excludes halogenated alkanes) is 1. The minimum atomic E-state index is -1.68. The number of fused-ring (bicyclic) bond motifs is 1. The van der Waals surface area contributed by atoms with Gasteiger partial charge >= 0.3 is 5.97 Å². The summed E-state index contributed by atoms with van der Waals surface area (Å²) >= 11 is 0. The summed E-state index contributed by atoms with van der Waals surface area (Å²) in [6.07, 6.45) is 2.40. The van der Waals surface area contributed by atoms with Crippen molar-refractivity contribution >= 4 is 11.9 Å². The zero-order chi connectivity index (χ0) is 31.9. The van der Waals surface area contributed by atoms with Crippen LogP contribution in [0.2, 0.25) is 0 Å². The third-order valence-corrected chi connectivity index (χ3v) is 8.95. The number of nitrogens with one attached hydrogen (secondary N) is 1. The predicted octanol–water partition coefficient (Wildman–Crippen LogP) is 2.43. The van der Waals surface area contributed by atoms with Crippen molar-refractivity contribution in [1.82, 2.24) is 5.32 Å². The largest absolute Gasteiger partial charge is 0.478 e. The Hall–Kier alpha value is -2.16. The van der Waals surface area contributed by atoms with Gasteiger partial charge in [0, 0.05) is 44.5 Å². The molecule has 3 heterocycles. The van der Waals surface area contributed by atoms with Crippen LogP contribution in [0, 0.1) is 11.3 Å². The maximum atomic E-state index is 13.4. The molecule has 0 radical (unpaired) electrons. The first kappa shape index (κ1) is 35.3. The highest BCUT2D eigenvalue weighted by Crippen LogP contribution is 2.44. The third kappa shape index (κ3) is 8.31. The van der Waals surface area contributed by atoms with E-state index < -0.39 is 65.9 Å². The fourth-order valence-corrected chi connectivity index (χ4v) is 6.08. The molecule has 4 N–H and O–H groups in total. The molecule has 43 heavy (non-hydrogen) atoms. The number of rotatable bonds is 13. The van der Waals surface area contributed by atoms with Gasteiger partial charge in [-0.25, -0.2) is 4.79 Å². The highest BCUT2D eigenvalue weighted by atomic mass is 16.7. The summed E-state index contributed by atoms with van der Waals surface area (Å²) in [6.45, 7) is 11.7. The second-order valence-corrected chi connectivity index (χ2v) is 12.2. The van der Waals surface area contributed by atoms with Gasteiger partial charge in [0.1, 0.15) is 19.0 Å². The lowest BCUT2D eigenvalue weighted by atomic mass is 9.72. The van der Waals surface area contributed by atoms with Gasteiger partial charge < -0.3 is 49.1 Å². The summed E-state index contributed by atoms with van der Waals surface area (Å²) < 4.78 is 35.6. The minimum absolute atomic E-state index is 0.0350. The smallest absolute Gasteiger partial charge is 0.328 e. The average Bonchev–Trinajstić information content (AvgIpc) is 2.95. The van der Waals surface area contributed by atoms with E-state index in [-0.39, 0.29) is 25.2 Å². The summed E-state index contributed by atoms with van der Waals surface area (Å²) in [5.41, 5.74) is 0.246. The van der Waals surface area contributed by atoms with Gasteiger partial charge in [-0.15, -0.1) is 0 Å². The first-order valence-corrected chi connectivity index (χ1v) is 14.8. The van der Waals surface area contributed by atoms with Crippen LogP contribution < -0.4 is 5.32 Å². The van der Waals surface area contributed by atoms with Gasteiger partial charge in [-0.1, -0.05) is 51.2 Å². The molecule has 0 aromatic heterocycles. The van der Waals surface area contributed by atoms with Crippen molar-refractivity contribution in [3.05, 3.63) is 36.5 Å². The van der Waals surface area contributed by atoms with Gasteiger partial charge in [0.05, 0.1) is 24.4 Å². The number of allylic oxidation sites excluding steroid dienone is 3. The van der Waals surface area contributed by atoms with Crippen molar-refractivity contribution in [2.45, 2.75) is 115 Å². The molecule has 10 atom stereocenters. The molecule has 3 saturated heterocycles. The zero-order valence-electron chi connectivity index (χ0n) is 26.1. The van der Waals surface area contributed by atoms with E-state index in [1.807, 2.05) is 33.8 Å². The van der Waals surface area contributed by atoms with Crippen molar-refractivity contribution in [3.8, 4) is 0 Å². The van der Waals surface area contributed by atoms with E-state index in [0.29, 0.717) is 25.7 Å². The normalized spacial score (nSPS) is 35.9. The lowest BCUT2D eigenvalue weighted by Gasteiger charge is -2.54. The summed E-state index contributed by atoms with van der Waals surface area (Å²) in [6, 6.07) is 0. The molecule has 0 aliphatic carbocycles. The van der Waals surface area contributed by atoms with Crippen LogP contribution in [0.4, 0.5) is 0 Å². The topological polar surface area (TPSA) is 162 Å². The summed E-state index contributed by atoms with van der Waals surface area (Å²) in [5, 5.41) is 33.4.